The van der Waals surface area contributed by atoms with Crippen molar-refractivity contribution < 1.29 is 4.39 Å². The van der Waals surface area contributed by atoms with E-state index >= 15 is 0 Å². The van der Waals surface area contributed by atoms with Crippen LogP contribution in [0.4, 0.5) is 10.1 Å². The van der Waals surface area contributed by atoms with Gasteiger partial charge >= 0.3 is 0 Å². The Bertz CT molecular complexity index is 316. The first-order valence-electron chi connectivity index (χ1n) is 5.27. The van der Waals surface area contributed by atoms with Crippen LogP contribution >= 0.6 is 0 Å². The van der Waals surface area contributed by atoms with E-state index in [4.69, 9.17) is 0 Å². The minimum absolute atomic E-state index is 0.190. The summed E-state index contributed by atoms with van der Waals surface area (Å²) in [5, 5.41) is 0. The SMILES string of the molecule is C=C(CC)CCN(C)c1ccc(F)cc1. The van der Waals surface area contributed by atoms with Crippen LogP contribution in [0.3, 0.4) is 0 Å². The van der Waals surface area contributed by atoms with E-state index in [9.17, 15) is 4.39 Å². The van der Waals surface area contributed by atoms with Crippen molar-refractivity contribution in [3.63, 3.8) is 0 Å². The normalized spacial score (nSPS) is 10.1. The van der Waals surface area contributed by atoms with E-state index in [2.05, 4.69) is 18.4 Å². The van der Waals surface area contributed by atoms with Crippen LogP contribution in [0.25, 0.3) is 0 Å². The third-order valence-corrected chi connectivity index (χ3v) is 2.57. The predicted octanol–water partition coefficient (Wildman–Crippen LogP) is 3.62. The second-order valence-corrected chi connectivity index (χ2v) is 3.75. The second-order valence-electron chi connectivity index (χ2n) is 3.75. The van der Waals surface area contributed by atoms with Crippen molar-refractivity contribution in [3.8, 4) is 0 Å². The number of anilines is 1. The molecule has 0 aliphatic rings. The number of hydrogen-bond donors (Lipinski definition) is 0. The van der Waals surface area contributed by atoms with Gasteiger partial charge in [-0.25, -0.2) is 4.39 Å². The van der Waals surface area contributed by atoms with Gasteiger partial charge in [-0.3, -0.25) is 0 Å². The standard InChI is InChI=1S/C13H18FN/c1-4-11(2)9-10-15(3)13-7-5-12(14)6-8-13/h5-8H,2,4,9-10H2,1,3H3. The third kappa shape index (κ3) is 3.74. The van der Waals surface area contributed by atoms with Gasteiger partial charge in [-0.15, -0.1) is 0 Å². The molecule has 0 aliphatic carbocycles. The average Bonchev–Trinajstić information content (AvgIpc) is 2.26. The van der Waals surface area contributed by atoms with E-state index in [-0.39, 0.29) is 5.82 Å². The molecule has 0 spiro atoms. The molecule has 0 saturated heterocycles. The smallest absolute Gasteiger partial charge is 0.123 e. The summed E-state index contributed by atoms with van der Waals surface area (Å²) in [6.45, 7) is 7.01. The molecule has 0 bridgehead atoms. The van der Waals surface area contributed by atoms with Crippen molar-refractivity contribution in [2.75, 3.05) is 18.5 Å². The maximum absolute atomic E-state index is 12.7. The lowest BCUT2D eigenvalue weighted by Gasteiger charge is -2.19. The van der Waals surface area contributed by atoms with E-state index in [0.717, 1.165) is 25.1 Å². The summed E-state index contributed by atoms with van der Waals surface area (Å²) in [5.74, 6) is -0.190. The van der Waals surface area contributed by atoms with Gasteiger partial charge in [-0.2, -0.15) is 0 Å². The minimum Gasteiger partial charge on any atom is -0.374 e. The Labute approximate surface area is 91.2 Å². The van der Waals surface area contributed by atoms with Crippen molar-refractivity contribution in [1.29, 1.82) is 0 Å². The first kappa shape index (κ1) is 11.8. The Hall–Kier alpha value is -1.31. The lowest BCUT2D eigenvalue weighted by atomic mass is 10.1. The summed E-state index contributed by atoms with van der Waals surface area (Å²) in [7, 11) is 2.01. The molecule has 0 fully saturated rings. The van der Waals surface area contributed by atoms with Crippen molar-refractivity contribution in [3.05, 3.63) is 42.2 Å². The zero-order valence-electron chi connectivity index (χ0n) is 9.46. The zero-order valence-corrected chi connectivity index (χ0v) is 9.46. The van der Waals surface area contributed by atoms with E-state index in [1.165, 1.54) is 17.7 Å². The molecule has 0 radical (unpaired) electrons. The van der Waals surface area contributed by atoms with Crippen LogP contribution in [0, 0.1) is 5.82 Å². The average molecular weight is 207 g/mol. The second kappa shape index (κ2) is 5.54. The Morgan fingerprint density at radius 1 is 1.33 bits per heavy atom. The highest BCUT2D eigenvalue weighted by Gasteiger charge is 2.01. The Balaban J connectivity index is 2.50. The van der Waals surface area contributed by atoms with Crippen molar-refractivity contribution in [2.24, 2.45) is 0 Å². The Morgan fingerprint density at radius 3 is 2.47 bits per heavy atom. The Morgan fingerprint density at radius 2 is 1.93 bits per heavy atom. The zero-order chi connectivity index (χ0) is 11.3. The molecule has 0 unspecified atom stereocenters. The number of rotatable bonds is 5. The lowest BCUT2D eigenvalue weighted by Crippen LogP contribution is -2.18. The summed E-state index contributed by atoms with van der Waals surface area (Å²) in [6.07, 6.45) is 2.02. The van der Waals surface area contributed by atoms with Crippen molar-refractivity contribution in [1.82, 2.24) is 0 Å². The van der Waals surface area contributed by atoms with Gasteiger partial charge in [0.05, 0.1) is 0 Å². The summed E-state index contributed by atoms with van der Waals surface area (Å²) < 4.78 is 12.7. The van der Waals surface area contributed by atoms with E-state index < -0.39 is 0 Å². The van der Waals surface area contributed by atoms with Gasteiger partial charge in [0.1, 0.15) is 5.82 Å². The monoisotopic (exact) mass is 207 g/mol. The molecular formula is C13H18FN. The van der Waals surface area contributed by atoms with Gasteiger partial charge in [0.25, 0.3) is 0 Å². The molecule has 15 heavy (non-hydrogen) atoms. The maximum Gasteiger partial charge on any atom is 0.123 e. The molecule has 1 nitrogen and oxygen atoms in total. The topological polar surface area (TPSA) is 3.24 Å². The highest BCUT2D eigenvalue weighted by molar-refractivity contribution is 5.45. The van der Waals surface area contributed by atoms with E-state index in [1.807, 2.05) is 7.05 Å². The molecule has 0 atom stereocenters. The lowest BCUT2D eigenvalue weighted by molar-refractivity contribution is 0.627. The molecule has 82 valence electrons. The van der Waals surface area contributed by atoms with Gasteiger partial charge < -0.3 is 4.90 Å². The fraction of sp³-hybridized carbons (Fsp3) is 0.385. The van der Waals surface area contributed by atoms with Gasteiger partial charge in [0.15, 0.2) is 0 Å². The molecule has 1 aromatic carbocycles. The fourth-order valence-electron chi connectivity index (χ4n) is 1.33. The van der Waals surface area contributed by atoms with Crippen LogP contribution in [-0.4, -0.2) is 13.6 Å². The summed E-state index contributed by atoms with van der Waals surface area (Å²) in [4.78, 5) is 2.11. The number of halogens is 1. The quantitative estimate of drug-likeness (QED) is 0.666. The third-order valence-electron chi connectivity index (χ3n) is 2.57. The van der Waals surface area contributed by atoms with Crippen LogP contribution in [0.1, 0.15) is 19.8 Å². The van der Waals surface area contributed by atoms with Crippen LogP contribution in [0.15, 0.2) is 36.4 Å². The van der Waals surface area contributed by atoms with Crippen LogP contribution in [0.5, 0.6) is 0 Å². The minimum atomic E-state index is -0.190. The molecule has 0 amide bonds. The summed E-state index contributed by atoms with van der Waals surface area (Å²) in [5.41, 5.74) is 2.30. The van der Waals surface area contributed by atoms with Crippen LogP contribution in [0.2, 0.25) is 0 Å². The summed E-state index contributed by atoms with van der Waals surface area (Å²) in [6, 6.07) is 6.56. The maximum atomic E-state index is 12.7. The first-order valence-corrected chi connectivity index (χ1v) is 5.27. The number of hydrogen-bond acceptors (Lipinski definition) is 1. The predicted molar refractivity (Wildman–Crippen MR) is 63.7 cm³/mol. The molecule has 0 N–H and O–H groups in total. The van der Waals surface area contributed by atoms with E-state index in [1.54, 1.807) is 12.1 Å². The van der Waals surface area contributed by atoms with Crippen LogP contribution in [-0.2, 0) is 0 Å². The Kier molecular flexibility index (Phi) is 4.35. The van der Waals surface area contributed by atoms with Gasteiger partial charge in [-0.1, -0.05) is 19.1 Å². The largest absolute Gasteiger partial charge is 0.374 e. The molecule has 0 saturated carbocycles. The number of nitrogens with zero attached hydrogens (tertiary/aromatic N) is 1. The molecule has 1 rings (SSSR count). The molecule has 0 heterocycles. The molecule has 1 aromatic rings. The molecular weight excluding hydrogens is 189 g/mol. The fourth-order valence-corrected chi connectivity index (χ4v) is 1.33. The van der Waals surface area contributed by atoms with Gasteiger partial charge in [0, 0.05) is 19.3 Å². The first-order chi connectivity index (χ1) is 7.13. The summed E-state index contributed by atoms with van der Waals surface area (Å²) >= 11 is 0. The highest BCUT2D eigenvalue weighted by Crippen LogP contribution is 2.14. The highest BCUT2D eigenvalue weighted by atomic mass is 19.1. The van der Waals surface area contributed by atoms with Crippen molar-refractivity contribution >= 4 is 5.69 Å². The van der Waals surface area contributed by atoms with Gasteiger partial charge in [-0.05, 0) is 37.1 Å². The van der Waals surface area contributed by atoms with Crippen LogP contribution < -0.4 is 4.90 Å². The molecule has 0 aliphatic heterocycles. The molecule has 0 aromatic heterocycles. The van der Waals surface area contributed by atoms with Gasteiger partial charge in [0.2, 0.25) is 0 Å². The molecule has 2 heteroatoms. The van der Waals surface area contributed by atoms with E-state index in [0.29, 0.717) is 0 Å². The number of benzene rings is 1. The van der Waals surface area contributed by atoms with Crippen molar-refractivity contribution in [2.45, 2.75) is 19.8 Å².